The van der Waals surface area contributed by atoms with Crippen molar-refractivity contribution in [2.75, 3.05) is 5.32 Å². The van der Waals surface area contributed by atoms with Gasteiger partial charge in [0.1, 0.15) is 5.75 Å². The van der Waals surface area contributed by atoms with Gasteiger partial charge in [-0.1, -0.05) is 0 Å². The monoisotopic (exact) mass is 216 g/mol. The topological polar surface area (TPSA) is 88.0 Å². The summed E-state index contributed by atoms with van der Waals surface area (Å²) in [5, 5.41) is 11.8. The molecule has 0 atom stereocenters. The Morgan fingerprint density at radius 3 is 2.69 bits per heavy atom. The molecule has 2 aromatic heterocycles. The summed E-state index contributed by atoms with van der Waals surface area (Å²) in [6.45, 7) is 0. The average molecular weight is 216 g/mol. The highest BCUT2D eigenvalue weighted by Crippen LogP contribution is 2.14. The highest BCUT2D eigenvalue weighted by atomic mass is 16.3. The van der Waals surface area contributed by atoms with Crippen molar-refractivity contribution in [3.05, 3.63) is 42.5 Å². The lowest BCUT2D eigenvalue weighted by Crippen LogP contribution is -2.14. The minimum atomic E-state index is -0.480. The van der Waals surface area contributed by atoms with E-state index in [2.05, 4.69) is 20.3 Å². The van der Waals surface area contributed by atoms with Crippen LogP contribution in [-0.2, 0) is 0 Å². The molecule has 0 aromatic carbocycles. The minimum Gasteiger partial charge on any atom is -0.505 e. The molecule has 0 saturated carbocycles. The molecule has 0 aliphatic rings. The third-order valence-electron chi connectivity index (χ3n) is 1.84. The number of carbonyl (C=O) groups is 1. The first kappa shape index (κ1) is 10.0. The van der Waals surface area contributed by atoms with Gasteiger partial charge in [-0.15, -0.1) is 0 Å². The average Bonchev–Trinajstić information content (AvgIpc) is 2.31. The number of hydrogen-bond acceptors (Lipinski definition) is 5. The Bertz CT molecular complexity index is 501. The number of carbonyl (C=O) groups excluding carboxylic acids is 1. The van der Waals surface area contributed by atoms with E-state index < -0.39 is 5.91 Å². The van der Waals surface area contributed by atoms with Gasteiger partial charge in [-0.2, -0.15) is 0 Å². The molecule has 0 spiro atoms. The van der Waals surface area contributed by atoms with Crippen LogP contribution in [0.15, 0.2) is 36.9 Å². The summed E-state index contributed by atoms with van der Waals surface area (Å²) in [5.74, 6) is -0.481. The molecule has 0 bridgehead atoms. The van der Waals surface area contributed by atoms with Gasteiger partial charge >= 0.3 is 0 Å². The smallest absolute Gasteiger partial charge is 0.261 e. The Hall–Kier alpha value is -2.50. The second kappa shape index (κ2) is 4.35. The maximum absolute atomic E-state index is 11.7. The third-order valence-corrected chi connectivity index (χ3v) is 1.84. The summed E-state index contributed by atoms with van der Waals surface area (Å²) in [6, 6.07) is 3.05. The van der Waals surface area contributed by atoms with Gasteiger partial charge in [0, 0.05) is 18.6 Å². The van der Waals surface area contributed by atoms with Gasteiger partial charge in [0.05, 0.1) is 11.8 Å². The fourth-order valence-electron chi connectivity index (χ4n) is 1.11. The van der Waals surface area contributed by atoms with Crippen LogP contribution in [0.3, 0.4) is 0 Å². The summed E-state index contributed by atoms with van der Waals surface area (Å²) < 4.78 is 0. The van der Waals surface area contributed by atoms with Crippen molar-refractivity contribution in [2.24, 2.45) is 0 Å². The molecule has 6 nitrogen and oxygen atoms in total. The number of nitrogens with one attached hydrogen (secondary N) is 1. The van der Waals surface area contributed by atoms with Crippen molar-refractivity contribution in [1.82, 2.24) is 15.0 Å². The summed E-state index contributed by atoms with van der Waals surface area (Å²) in [7, 11) is 0. The van der Waals surface area contributed by atoms with Gasteiger partial charge in [-0.3, -0.25) is 15.1 Å². The maximum atomic E-state index is 11.7. The fraction of sp³-hybridized carbons (Fsp3) is 0. The lowest BCUT2D eigenvalue weighted by atomic mass is 10.2. The predicted molar refractivity (Wildman–Crippen MR) is 55.9 cm³/mol. The highest BCUT2D eigenvalue weighted by Gasteiger charge is 2.11. The minimum absolute atomic E-state index is 0.127. The van der Waals surface area contributed by atoms with Gasteiger partial charge < -0.3 is 5.11 Å². The second-order valence-corrected chi connectivity index (χ2v) is 2.92. The summed E-state index contributed by atoms with van der Waals surface area (Å²) in [6.07, 6.45) is 5.63. The van der Waals surface area contributed by atoms with Crippen LogP contribution in [0.1, 0.15) is 10.4 Å². The van der Waals surface area contributed by atoms with Gasteiger partial charge in [-0.05, 0) is 12.1 Å². The van der Waals surface area contributed by atoms with Gasteiger partial charge in [0.15, 0.2) is 0 Å². The number of pyridine rings is 1. The van der Waals surface area contributed by atoms with Crippen LogP contribution in [0.2, 0.25) is 0 Å². The zero-order valence-electron chi connectivity index (χ0n) is 8.16. The molecule has 2 aromatic rings. The van der Waals surface area contributed by atoms with Crippen LogP contribution in [0.5, 0.6) is 5.75 Å². The quantitative estimate of drug-likeness (QED) is 0.776. The van der Waals surface area contributed by atoms with E-state index in [4.69, 9.17) is 0 Å². The first-order valence-corrected chi connectivity index (χ1v) is 4.49. The van der Waals surface area contributed by atoms with E-state index in [0.29, 0.717) is 0 Å². The Morgan fingerprint density at radius 1 is 1.25 bits per heavy atom. The maximum Gasteiger partial charge on any atom is 0.261 e. The first-order valence-electron chi connectivity index (χ1n) is 4.49. The van der Waals surface area contributed by atoms with E-state index in [9.17, 15) is 9.90 Å². The zero-order chi connectivity index (χ0) is 11.4. The van der Waals surface area contributed by atoms with E-state index in [0.717, 1.165) is 0 Å². The molecule has 0 saturated heterocycles. The summed E-state index contributed by atoms with van der Waals surface area (Å²) in [5.41, 5.74) is 0.127. The Morgan fingerprint density at radius 2 is 2.00 bits per heavy atom. The van der Waals surface area contributed by atoms with Gasteiger partial charge in [-0.25, -0.2) is 9.97 Å². The number of aromatic nitrogens is 3. The molecular weight excluding hydrogens is 208 g/mol. The van der Waals surface area contributed by atoms with Crippen LogP contribution < -0.4 is 5.32 Å². The van der Waals surface area contributed by atoms with Gasteiger partial charge in [0.25, 0.3) is 5.91 Å². The van der Waals surface area contributed by atoms with Crippen molar-refractivity contribution in [2.45, 2.75) is 0 Å². The number of anilines is 1. The van der Waals surface area contributed by atoms with Crippen molar-refractivity contribution in [1.29, 1.82) is 0 Å². The third kappa shape index (κ3) is 2.11. The Labute approximate surface area is 91.0 Å². The standard InChI is InChI=1S/C10H8N4O2/c15-8-6-11-5-2-7(8)9(16)14-10-12-3-1-4-13-10/h1-6,15H,(H,12,13,14,16). The highest BCUT2D eigenvalue weighted by molar-refractivity contribution is 6.05. The first-order chi connectivity index (χ1) is 7.77. The molecule has 80 valence electrons. The number of rotatable bonds is 2. The van der Waals surface area contributed by atoms with Crippen LogP contribution in [0.4, 0.5) is 5.95 Å². The van der Waals surface area contributed by atoms with Crippen molar-refractivity contribution in [3.8, 4) is 5.75 Å². The fourth-order valence-corrected chi connectivity index (χ4v) is 1.11. The summed E-state index contributed by atoms with van der Waals surface area (Å²) >= 11 is 0. The van der Waals surface area contributed by atoms with E-state index >= 15 is 0 Å². The molecule has 2 heterocycles. The van der Waals surface area contributed by atoms with E-state index in [1.54, 1.807) is 6.07 Å². The Kier molecular flexibility index (Phi) is 2.73. The molecule has 6 heteroatoms. The van der Waals surface area contributed by atoms with Crippen molar-refractivity contribution in [3.63, 3.8) is 0 Å². The lowest BCUT2D eigenvalue weighted by molar-refractivity contribution is 0.102. The number of nitrogens with zero attached hydrogens (tertiary/aromatic N) is 3. The van der Waals surface area contributed by atoms with Crippen LogP contribution in [0.25, 0.3) is 0 Å². The van der Waals surface area contributed by atoms with Crippen molar-refractivity contribution < 1.29 is 9.90 Å². The van der Waals surface area contributed by atoms with Crippen molar-refractivity contribution >= 4 is 11.9 Å². The lowest BCUT2D eigenvalue weighted by Gasteiger charge is -2.03. The second-order valence-electron chi connectivity index (χ2n) is 2.92. The molecule has 0 unspecified atom stereocenters. The SMILES string of the molecule is O=C(Nc1ncccn1)c1ccncc1O. The van der Waals surface area contributed by atoms with E-state index in [1.165, 1.54) is 30.9 Å². The van der Waals surface area contributed by atoms with Gasteiger partial charge in [0.2, 0.25) is 5.95 Å². The molecule has 0 fully saturated rings. The normalized spacial score (nSPS) is 9.75. The molecular formula is C10H8N4O2. The number of amides is 1. The molecule has 2 rings (SSSR count). The Balaban J connectivity index is 2.19. The number of aromatic hydroxyl groups is 1. The molecule has 16 heavy (non-hydrogen) atoms. The molecule has 2 N–H and O–H groups in total. The van der Waals surface area contributed by atoms with Crippen LogP contribution in [-0.4, -0.2) is 26.0 Å². The van der Waals surface area contributed by atoms with E-state index in [-0.39, 0.29) is 17.3 Å². The van der Waals surface area contributed by atoms with E-state index in [1.807, 2.05) is 0 Å². The number of hydrogen-bond donors (Lipinski definition) is 2. The molecule has 0 aliphatic carbocycles. The molecule has 0 radical (unpaired) electrons. The van der Waals surface area contributed by atoms with Crippen LogP contribution in [0, 0.1) is 0 Å². The zero-order valence-corrected chi connectivity index (χ0v) is 8.16. The molecule has 0 aliphatic heterocycles. The predicted octanol–water partition coefficient (Wildman–Crippen LogP) is 0.829. The van der Waals surface area contributed by atoms with Crippen LogP contribution >= 0.6 is 0 Å². The molecule has 1 amide bonds. The largest absolute Gasteiger partial charge is 0.505 e. The summed E-state index contributed by atoms with van der Waals surface area (Å²) in [4.78, 5) is 23.0.